The molecule has 0 radical (unpaired) electrons. The Balaban J connectivity index is 1.85. The van der Waals surface area contributed by atoms with Crippen molar-refractivity contribution in [3.05, 3.63) is 99.0 Å². The summed E-state index contributed by atoms with van der Waals surface area (Å²) in [5.41, 5.74) is 0.0281. The molecule has 8 aromatic rings. The van der Waals surface area contributed by atoms with Gasteiger partial charge in [0.2, 0.25) is 0 Å². The Hall–Kier alpha value is -2.38. The minimum absolute atomic E-state index is 0.000574. The average molecular weight is 722 g/mol. The summed E-state index contributed by atoms with van der Waals surface area (Å²) in [4.78, 5) is 27.4. The van der Waals surface area contributed by atoms with Crippen LogP contribution >= 0.6 is 63.7 Å². The van der Waals surface area contributed by atoms with E-state index in [-0.39, 0.29) is 10.9 Å². The van der Waals surface area contributed by atoms with E-state index in [0.717, 1.165) is 71.8 Å². The molecule has 0 N–H and O–H groups in total. The van der Waals surface area contributed by atoms with Gasteiger partial charge in [-0.15, -0.1) is 0 Å². The summed E-state index contributed by atoms with van der Waals surface area (Å²) in [6.07, 6.45) is 0. The first-order valence-electron chi connectivity index (χ1n) is 11.2. The summed E-state index contributed by atoms with van der Waals surface area (Å²) >= 11 is 15.3. The van der Waals surface area contributed by atoms with E-state index in [4.69, 9.17) is 0 Å². The summed E-state index contributed by atoms with van der Waals surface area (Å²) in [5.74, 6) is 0. The molecule has 0 amide bonds. The molecule has 8 aromatic carbocycles. The molecule has 8 rings (SSSR count). The number of hydrogen-bond donors (Lipinski definition) is 0. The largest absolute Gasteiger partial charge is 0.289 e. The number of hydrogen-bond acceptors (Lipinski definition) is 2. The van der Waals surface area contributed by atoms with Crippen LogP contribution in [0.15, 0.2) is 88.1 Å². The summed E-state index contributed by atoms with van der Waals surface area (Å²) in [5, 5.41) is 12.5. The fourth-order valence-corrected chi connectivity index (χ4v) is 8.48. The molecule has 0 aliphatic rings. The Bertz CT molecular complexity index is 2400. The molecular formula is C30H10Br4O2. The van der Waals surface area contributed by atoms with Crippen molar-refractivity contribution in [3.8, 4) is 0 Å². The molecule has 36 heavy (non-hydrogen) atoms. The minimum atomic E-state index is 0.000574. The topological polar surface area (TPSA) is 34.1 Å². The van der Waals surface area contributed by atoms with E-state index in [9.17, 15) is 9.59 Å². The van der Waals surface area contributed by atoms with E-state index in [2.05, 4.69) is 63.7 Å². The lowest BCUT2D eigenvalue weighted by Gasteiger charge is -2.21. The lowest BCUT2D eigenvalue weighted by atomic mass is 9.84. The van der Waals surface area contributed by atoms with E-state index in [1.54, 1.807) is 0 Å². The van der Waals surface area contributed by atoms with Crippen molar-refractivity contribution in [2.75, 3.05) is 0 Å². The average Bonchev–Trinajstić information content (AvgIpc) is 2.89. The Kier molecular flexibility index (Phi) is 4.30. The number of halogens is 4. The lowest BCUT2D eigenvalue weighted by molar-refractivity contribution is 1.65. The Labute approximate surface area is 236 Å². The molecular weight excluding hydrogens is 712 g/mol. The summed E-state index contributed by atoms with van der Waals surface area (Å²) < 4.78 is 3.59. The molecule has 0 heterocycles. The van der Waals surface area contributed by atoms with Crippen molar-refractivity contribution in [2.24, 2.45) is 0 Å². The van der Waals surface area contributed by atoms with Crippen LogP contribution in [0.2, 0.25) is 0 Å². The molecule has 0 aliphatic heterocycles. The van der Waals surface area contributed by atoms with Gasteiger partial charge in [0.25, 0.3) is 0 Å². The van der Waals surface area contributed by atoms with Crippen LogP contribution in [0.25, 0.3) is 75.4 Å². The molecule has 0 saturated heterocycles. The van der Waals surface area contributed by atoms with Crippen molar-refractivity contribution < 1.29 is 0 Å². The van der Waals surface area contributed by atoms with Crippen LogP contribution in [0.5, 0.6) is 0 Å². The van der Waals surface area contributed by atoms with Crippen molar-refractivity contribution in [2.45, 2.75) is 0 Å². The summed E-state index contributed by atoms with van der Waals surface area (Å²) in [7, 11) is 0. The Morgan fingerprint density at radius 1 is 0.361 bits per heavy atom. The van der Waals surface area contributed by atoms with Gasteiger partial charge in [0.05, 0.1) is 0 Å². The third-order valence-corrected chi connectivity index (χ3v) is 11.3. The molecule has 0 aromatic heterocycles. The van der Waals surface area contributed by atoms with Crippen molar-refractivity contribution in [3.63, 3.8) is 0 Å². The maximum atomic E-state index is 13.8. The second-order valence-electron chi connectivity index (χ2n) is 9.19. The van der Waals surface area contributed by atoms with E-state index < -0.39 is 0 Å². The van der Waals surface area contributed by atoms with Crippen LogP contribution in [0.3, 0.4) is 0 Å². The number of fused-ring (bicyclic) bond motifs is 4. The second-order valence-corrected chi connectivity index (χ2v) is 12.4. The SMILES string of the molecule is O=c1c2ccccc2c2c(Br)c3ccc4c(=O)c5ccc(Br)c(Br)c5c5c(Br)c6ccc1c2c6c3c45. The minimum Gasteiger partial charge on any atom is -0.289 e. The van der Waals surface area contributed by atoms with Gasteiger partial charge in [0.1, 0.15) is 0 Å². The van der Waals surface area contributed by atoms with E-state index in [1.807, 2.05) is 60.7 Å². The van der Waals surface area contributed by atoms with Crippen LogP contribution in [-0.4, -0.2) is 0 Å². The maximum Gasteiger partial charge on any atom is 0.194 e. The van der Waals surface area contributed by atoms with Crippen LogP contribution in [0.1, 0.15) is 0 Å². The highest BCUT2D eigenvalue weighted by Crippen LogP contribution is 2.52. The zero-order chi connectivity index (χ0) is 24.6. The zero-order valence-electron chi connectivity index (χ0n) is 18.1. The van der Waals surface area contributed by atoms with Gasteiger partial charge >= 0.3 is 0 Å². The summed E-state index contributed by atoms with van der Waals surface area (Å²) in [6, 6.07) is 19.5. The molecule has 2 nitrogen and oxygen atoms in total. The first-order valence-corrected chi connectivity index (χ1v) is 14.4. The molecule has 0 atom stereocenters. The first kappa shape index (κ1) is 21.7. The summed E-state index contributed by atoms with van der Waals surface area (Å²) in [6.45, 7) is 0. The van der Waals surface area contributed by atoms with Gasteiger partial charge in [-0.25, -0.2) is 0 Å². The quantitative estimate of drug-likeness (QED) is 0.115. The second kappa shape index (κ2) is 7.13. The van der Waals surface area contributed by atoms with Gasteiger partial charge in [0, 0.05) is 66.4 Å². The Morgan fingerprint density at radius 3 is 1.44 bits per heavy atom. The normalized spacial score (nSPS) is 12.7. The smallest absolute Gasteiger partial charge is 0.194 e. The fourth-order valence-electron chi connectivity index (χ4n) is 6.14. The van der Waals surface area contributed by atoms with Crippen molar-refractivity contribution in [1.29, 1.82) is 0 Å². The van der Waals surface area contributed by atoms with Gasteiger partial charge in [-0.3, -0.25) is 9.59 Å². The van der Waals surface area contributed by atoms with Gasteiger partial charge in [0.15, 0.2) is 10.9 Å². The maximum absolute atomic E-state index is 13.8. The lowest BCUT2D eigenvalue weighted by Crippen LogP contribution is -2.07. The molecule has 0 saturated carbocycles. The number of benzene rings is 8. The molecule has 170 valence electrons. The molecule has 0 unspecified atom stereocenters. The van der Waals surface area contributed by atoms with Gasteiger partial charge < -0.3 is 0 Å². The van der Waals surface area contributed by atoms with Gasteiger partial charge in [-0.1, -0.05) is 36.4 Å². The van der Waals surface area contributed by atoms with Crippen molar-refractivity contribution >= 4 is 139 Å². The van der Waals surface area contributed by atoms with E-state index in [0.29, 0.717) is 21.5 Å². The highest BCUT2D eigenvalue weighted by molar-refractivity contribution is 9.13. The van der Waals surface area contributed by atoms with E-state index >= 15 is 0 Å². The van der Waals surface area contributed by atoms with Crippen LogP contribution in [0, 0.1) is 0 Å². The van der Waals surface area contributed by atoms with Crippen LogP contribution < -0.4 is 10.9 Å². The molecule has 0 bridgehead atoms. The van der Waals surface area contributed by atoms with Gasteiger partial charge in [-0.05, 0) is 115 Å². The predicted octanol–water partition coefficient (Wildman–Crippen LogP) is 9.84. The fraction of sp³-hybridized carbons (Fsp3) is 0. The predicted molar refractivity (Wildman–Crippen MR) is 166 cm³/mol. The monoisotopic (exact) mass is 718 g/mol. The van der Waals surface area contributed by atoms with Gasteiger partial charge in [-0.2, -0.15) is 0 Å². The highest BCUT2D eigenvalue weighted by Gasteiger charge is 2.26. The molecule has 0 fully saturated rings. The van der Waals surface area contributed by atoms with Crippen molar-refractivity contribution in [1.82, 2.24) is 0 Å². The van der Waals surface area contributed by atoms with Crippen LogP contribution in [0.4, 0.5) is 0 Å². The number of rotatable bonds is 0. The highest BCUT2D eigenvalue weighted by atomic mass is 79.9. The first-order chi connectivity index (χ1) is 17.4. The third kappa shape index (κ3) is 2.38. The molecule has 6 heteroatoms. The zero-order valence-corrected chi connectivity index (χ0v) is 24.4. The standard InChI is InChI=1S/C30H10Br4O2/c31-18-10-9-17-24(28(18)34)25-22-16(30(17)36)8-5-13-20(22)19-14(27(25)33)6-7-15-21(19)23(26(13)32)11-3-1-2-4-12(11)29(15)35/h1-10H. The Morgan fingerprint density at radius 2 is 0.778 bits per heavy atom. The molecule has 0 spiro atoms. The third-order valence-electron chi connectivity index (χ3n) is 7.59. The van der Waals surface area contributed by atoms with Crippen LogP contribution in [-0.2, 0) is 0 Å². The molecule has 0 aliphatic carbocycles. The van der Waals surface area contributed by atoms with E-state index in [1.165, 1.54) is 0 Å².